The number of unbranched alkanes of at least 4 members (excludes halogenated alkanes) is 4. The molecule has 14 heavy (non-hydrogen) atoms. The van der Waals surface area contributed by atoms with Crippen LogP contribution in [0.15, 0.2) is 0 Å². The molecule has 4 heteroatoms. The maximum atomic E-state index is 10.7. The zero-order valence-corrected chi connectivity index (χ0v) is 8.75. The molecule has 2 N–H and O–H groups in total. The molecule has 0 saturated carbocycles. The highest BCUT2D eigenvalue weighted by atomic mass is 16.5. The van der Waals surface area contributed by atoms with Gasteiger partial charge in [-0.15, -0.1) is 0 Å². The zero-order valence-electron chi connectivity index (χ0n) is 8.75. The molecule has 0 aromatic rings. The number of esters is 1. The Hall–Kier alpha value is -1.06. The third-order valence-corrected chi connectivity index (χ3v) is 2.03. The van der Waals surface area contributed by atoms with Gasteiger partial charge >= 0.3 is 5.97 Å². The lowest BCUT2D eigenvalue weighted by atomic mass is 10.1. The van der Waals surface area contributed by atoms with Crippen LogP contribution >= 0.6 is 0 Å². The first-order valence-electron chi connectivity index (χ1n) is 5.02. The lowest BCUT2D eigenvalue weighted by Crippen LogP contribution is -2.09. The van der Waals surface area contributed by atoms with E-state index < -0.39 is 0 Å². The summed E-state index contributed by atoms with van der Waals surface area (Å²) in [6.07, 6.45) is 5.74. The maximum absolute atomic E-state index is 10.7. The summed E-state index contributed by atoms with van der Waals surface area (Å²) in [6.45, 7) is 0. The van der Waals surface area contributed by atoms with E-state index in [1.54, 1.807) is 0 Å². The molecule has 0 aromatic carbocycles. The molecule has 0 aliphatic carbocycles. The van der Waals surface area contributed by atoms with Gasteiger partial charge < -0.3 is 10.5 Å². The van der Waals surface area contributed by atoms with Crippen LogP contribution in [0.4, 0.5) is 0 Å². The van der Waals surface area contributed by atoms with Gasteiger partial charge in [0.1, 0.15) is 0 Å². The molecule has 0 rings (SSSR count). The van der Waals surface area contributed by atoms with Gasteiger partial charge in [-0.25, -0.2) is 0 Å². The average Bonchev–Trinajstić information content (AvgIpc) is 2.15. The second-order valence-corrected chi connectivity index (χ2v) is 3.31. The smallest absolute Gasteiger partial charge is 0.305 e. The molecule has 0 saturated heterocycles. The zero-order chi connectivity index (χ0) is 10.8. The number of ether oxygens (including phenoxy) is 1. The van der Waals surface area contributed by atoms with Crippen LogP contribution in [0.5, 0.6) is 0 Å². The van der Waals surface area contributed by atoms with Crippen molar-refractivity contribution >= 4 is 11.9 Å². The van der Waals surface area contributed by atoms with E-state index in [1.165, 1.54) is 7.11 Å². The van der Waals surface area contributed by atoms with E-state index >= 15 is 0 Å². The normalized spacial score (nSPS) is 9.79. The van der Waals surface area contributed by atoms with E-state index in [4.69, 9.17) is 5.73 Å². The minimum atomic E-state index is -0.237. The number of rotatable bonds is 8. The molecule has 0 spiro atoms. The Balaban J connectivity index is 3.06. The van der Waals surface area contributed by atoms with Gasteiger partial charge in [-0.3, -0.25) is 9.59 Å². The predicted molar refractivity (Wildman–Crippen MR) is 53.5 cm³/mol. The Morgan fingerprint density at radius 2 is 1.50 bits per heavy atom. The summed E-state index contributed by atoms with van der Waals surface area (Å²) in [5.74, 6) is -0.387. The van der Waals surface area contributed by atoms with E-state index in [1.807, 2.05) is 0 Å². The minimum absolute atomic E-state index is 0.151. The summed E-state index contributed by atoms with van der Waals surface area (Å²) in [4.78, 5) is 21.1. The third kappa shape index (κ3) is 9.03. The fraction of sp³-hybridized carbons (Fsp3) is 0.800. The lowest BCUT2D eigenvalue weighted by Gasteiger charge is -2.00. The molecule has 1 amide bonds. The van der Waals surface area contributed by atoms with Crippen molar-refractivity contribution in [3.8, 4) is 0 Å². The van der Waals surface area contributed by atoms with Crippen LogP contribution in [-0.2, 0) is 14.3 Å². The molecule has 0 aromatic heterocycles. The Morgan fingerprint density at radius 1 is 1.00 bits per heavy atom. The van der Waals surface area contributed by atoms with Crippen LogP contribution in [0, 0.1) is 0 Å². The molecule has 0 aliphatic heterocycles. The summed E-state index contributed by atoms with van der Waals surface area (Å²) >= 11 is 0. The molecule has 0 radical (unpaired) electrons. The van der Waals surface area contributed by atoms with Gasteiger partial charge in [0.15, 0.2) is 0 Å². The highest BCUT2D eigenvalue weighted by Gasteiger charge is 1.99. The number of hydrogen-bond donors (Lipinski definition) is 1. The standard InChI is InChI=1S/C10H19NO3/c1-14-10(13)8-6-4-2-3-5-7-9(11)12/h2-8H2,1H3,(H2,11,12). The highest BCUT2D eigenvalue weighted by molar-refractivity contribution is 5.73. The first-order valence-corrected chi connectivity index (χ1v) is 5.02. The van der Waals surface area contributed by atoms with Crippen LogP contribution in [0.1, 0.15) is 44.9 Å². The predicted octanol–water partition coefficient (Wildman–Crippen LogP) is 1.38. The number of carbonyl (C=O) groups excluding carboxylic acids is 2. The van der Waals surface area contributed by atoms with Crippen molar-refractivity contribution in [2.45, 2.75) is 44.9 Å². The number of carbonyl (C=O) groups is 2. The van der Waals surface area contributed by atoms with Crippen molar-refractivity contribution in [1.29, 1.82) is 0 Å². The lowest BCUT2D eigenvalue weighted by molar-refractivity contribution is -0.140. The molecular weight excluding hydrogens is 182 g/mol. The quantitative estimate of drug-likeness (QED) is 0.476. The molecule has 0 atom stereocenters. The van der Waals surface area contributed by atoms with Gasteiger partial charge in [-0.1, -0.05) is 19.3 Å². The van der Waals surface area contributed by atoms with Crippen LogP contribution in [-0.4, -0.2) is 19.0 Å². The average molecular weight is 201 g/mol. The Labute approximate surface area is 84.8 Å². The van der Waals surface area contributed by atoms with Crippen LogP contribution in [0.3, 0.4) is 0 Å². The summed E-state index contributed by atoms with van der Waals surface area (Å²) in [5.41, 5.74) is 4.99. The second-order valence-electron chi connectivity index (χ2n) is 3.31. The largest absolute Gasteiger partial charge is 0.469 e. The summed E-state index contributed by atoms with van der Waals surface area (Å²) < 4.78 is 4.51. The molecule has 0 aliphatic rings. The van der Waals surface area contributed by atoms with Crippen molar-refractivity contribution < 1.29 is 14.3 Å². The number of nitrogens with two attached hydrogens (primary N) is 1. The second kappa shape index (κ2) is 8.53. The molecular formula is C10H19NO3. The summed E-state index contributed by atoms with van der Waals surface area (Å²) in [5, 5.41) is 0. The maximum Gasteiger partial charge on any atom is 0.305 e. The van der Waals surface area contributed by atoms with Crippen molar-refractivity contribution in [3.05, 3.63) is 0 Å². The fourth-order valence-electron chi connectivity index (χ4n) is 1.20. The summed E-state index contributed by atoms with van der Waals surface area (Å²) in [6, 6.07) is 0. The number of hydrogen-bond acceptors (Lipinski definition) is 3. The minimum Gasteiger partial charge on any atom is -0.469 e. The van der Waals surface area contributed by atoms with Gasteiger partial charge in [0.2, 0.25) is 5.91 Å². The molecule has 4 nitrogen and oxygen atoms in total. The van der Waals surface area contributed by atoms with Crippen LogP contribution < -0.4 is 5.73 Å². The van der Waals surface area contributed by atoms with E-state index in [-0.39, 0.29) is 11.9 Å². The van der Waals surface area contributed by atoms with Gasteiger partial charge in [-0.05, 0) is 12.8 Å². The molecule has 0 fully saturated rings. The Morgan fingerprint density at radius 3 is 2.00 bits per heavy atom. The van der Waals surface area contributed by atoms with Gasteiger partial charge in [0.25, 0.3) is 0 Å². The fourth-order valence-corrected chi connectivity index (χ4v) is 1.20. The van der Waals surface area contributed by atoms with Gasteiger partial charge in [-0.2, -0.15) is 0 Å². The topological polar surface area (TPSA) is 69.4 Å². The molecule has 82 valence electrons. The summed E-state index contributed by atoms with van der Waals surface area (Å²) in [7, 11) is 1.40. The van der Waals surface area contributed by atoms with Crippen molar-refractivity contribution in [3.63, 3.8) is 0 Å². The SMILES string of the molecule is COC(=O)CCCCCCCC(N)=O. The Bertz CT molecular complexity index is 180. The number of primary amides is 1. The first kappa shape index (κ1) is 12.9. The molecule has 0 bridgehead atoms. The van der Waals surface area contributed by atoms with Crippen LogP contribution in [0.2, 0.25) is 0 Å². The molecule has 0 heterocycles. The molecule has 0 unspecified atom stereocenters. The monoisotopic (exact) mass is 201 g/mol. The van der Waals surface area contributed by atoms with E-state index in [0.717, 1.165) is 32.1 Å². The van der Waals surface area contributed by atoms with Crippen molar-refractivity contribution in [2.75, 3.05) is 7.11 Å². The van der Waals surface area contributed by atoms with Crippen molar-refractivity contribution in [2.24, 2.45) is 5.73 Å². The van der Waals surface area contributed by atoms with Gasteiger partial charge in [0.05, 0.1) is 7.11 Å². The first-order chi connectivity index (χ1) is 6.66. The number of methoxy groups -OCH3 is 1. The Kier molecular flexibility index (Phi) is 7.89. The van der Waals surface area contributed by atoms with E-state index in [9.17, 15) is 9.59 Å². The third-order valence-electron chi connectivity index (χ3n) is 2.03. The van der Waals surface area contributed by atoms with Gasteiger partial charge in [0, 0.05) is 12.8 Å². The highest BCUT2D eigenvalue weighted by Crippen LogP contribution is 2.07. The number of amides is 1. The van der Waals surface area contributed by atoms with E-state index in [2.05, 4.69) is 4.74 Å². The van der Waals surface area contributed by atoms with Crippen molar-refractivity contribution in [1.82, 2.24) is 0 Å². The van der Waals surface area contributed by atoms with E-state index in [0.29, 0.717) is 12.8 Å². The van der Waals surface area contributed by atoms with Crippen LogP contribution in [0.25, 0.3) is 0 Å².